The summed E-state index contributed by atoms with van der Waals surface area (Å²) in [5, 5.41) is 7.47. The van der Waals surface area contributed by atoms with Crippen molar-refractivity contribution in [3.8, 4) is 16.9 Å². The summed E-state index contributed by atoms with van der Waals surface area (Å²) < 4.78 is 26.4. The van der Waals surface area contributed by atoms with Crippen LogP contribution in [0.2, 0.25) is 13.1 Å². The van der Waals surface area contributed by atoms with Gasteiger partial charge in [0.1, 0.15) is 13.9 Å². The van der Waals surface area contributed by atoms with Crippen molar-refractivity contribution >= 4 is 57.3 Å². The summed E-state index contributed by atoms with van der Waals surface area (Å²) in [4.78, 5) is 10.9. The predicted molar refractivity (Wildman–Crippen MR) is 190 cm³/mol. The first-order valence-electron chi connectivity index (χ1n) is 16.7. The molecular formula is C39H34N4OSi. The Bertz CT molecular complexity index is 2350. The first-order chi connectivity index (χ1) is 23.1. The first kappa shape index (κ1) is 24.2. The number of benzene rings is 5. The van der Waals surface area contributed by atoms with Gasteiger partial charge in [-0.05, 0) is 72.1 Å². The van der Waals surface area contributed by atoms with Crippen LogP contribution in [0, 0.1) is 6.92 Å². The molecule has 3 heterocycles. The molecule has 7 aromatic rings. The Kier molecular flexibility index (Phi) is 5.63. The zero-order chi connectivity index (χ0) is 33.2. The second-order valence-electron chi connectivity index (χ2n) is 12.1. The maximum absolute atomic E-state index is 8.02. The van der Waals surface area contributed by atoms with E-state index in [1.807, 2.05) is 36.5 Å². The van der Waals surface area contributed by atoms with Crippen LogP contribution in [0.5, 0.6) is 0 Å². The lowest BCUT2D eigenvalue weighted by Crippen LogP contribution is -2.52. The minimum Gasteiger partial charge on any atom is -0.294 e. The molecule has 0 fully saturated rings. The molecule has 2 aromatic heterocycles. The van der Waals surface area contributed by atoms with Gasteiger partial charge < -0.3 is 0 Å². The number of hydrogen-bond donors (Lipinski definition) is 0. The topological polar surface area (TPSA) is 33.5 Å². The van der Waals surface area contributed by atoms with Crippen molar-refractivity contribution in [2.45, 2.75) is 20.0 Å². The van der Waals surface area contributed by atoms with E-state index < -0.39 is 15.0 Å². The second-order valence-corrected chi connectivity index (χ2v) is 16.5. The maximum atomic E-state index is 8.02. The van der Waals surface area contributed by atoms with Gasteiger partial charge in [0, 0.05) is 28.1 Å². The van der Waals surface area contributed by atoms with Gasteiger partial charge in [0.15, 0.2) is 0 Å². The molecule has 0 saturated carbocycles. The van der Waals surface area contributed by atoms with Crippen molar-refractivity contribution in [3.63, 3.8) is 0 Å². The highest BCUT2D eigenvalue weighted by atomic mass is 28.3. The third-order valence-electron chi connectivity index (χ3n) is 9.11. The van der Waals surface area contributed by atoms with E-state index in [4.69, 9.17) is 14.0 Å². The van der Waals surface area contributed by atoms with Gasteiger partial charge in [-0.1, -0.05) is 102 Å². The number of anilines is 3. The smallest absolute Gasteiger partial charge is 0.138 e. The lowest BCUT2D eigenvalue weighted by molar-refractivity contribution is 0.142. The van der Waals surface area contributed by atoms with Gasteiger partial charge in [0.05, 0.1) is 28.1 Å². The summed E-state index contributed by atoms with van der Waals surface area (Å²) in [6.07, 6.45) is 1.90. The van der Waals surface area contributed by atoms with Crippen LogP contribution in [0.25, 0.3) is 38.8 Å². The SMILES string of the molecule is [2H]C([2H])([2H])N1ON(c2cccc([Si](C)(C)c3ccc4c5ccccc5n(-c5cc(-c6ccccc6C)ccn5)c4c3)c2)c2ccccc21. The minimum atomic E-state index is -2.45. The zero-order valence-electron chi connectivity index (χ0n) is 28.4. The number of rotatable bonds is 5. The zero-order valence-corrected chi connectivity index (χ0v) is 26.4. The summed E-state index contributed by atoms with van der Waals surface area (Å²) in [6, 6.07) is 43.8. The van der Waals surface area contributed by atoms with E-state index in [1.54, 1.807) is 11.1 Å². The molecule has 1 aliphatic rings. The van der Waals surface area contributed by atoms with Crippen molar-refractivity contribution < 1.29 is 9.05 Å². The van der Waals surface area contributed by atoms with Crippen LogP contribution in [-0.2, 0) is 4.94 Å². The van der Waals surface area contributed by atoms with E-state index in [2.05, 4.69) is 116 Å². The van der Waals surface area contributed by atoms with Crippen LogP contribution in [0.3, 0.4) is 0 Å². The Labute approximate surface area is 268 Å². The van der Waals surface area contributed by atoms with Gasteiger partial charge in [0.2, 0.25) is 0 Å². The minimum absolute atomic E-state index is 0.512. The Morgan fingerprint density at radius 2 is 1.44 bits per heavy atom. The van der Waals surface area contributed by atoms with E-state index in [1.165, 1.54) is 32.3 Å². The van der Waals surface area contributed by atoms with Crippen molar-refractivity contribution in [3.05, 3.63) is 139 Å². The molecule has 0 radical (unpaired) electrons. The monoisotopic (exact) mass is 605 g/mol. The van der Waals surface area contributed by atoms with Gasteiger partial charge in [-0.3, -0.25) is 4.57 Å². The fraction of sp³-hybridized carbons (Fsp3) is 0.103. The summed E-state index contributed by atoms with van der Waals surface area (Å²) in [5.41, 5.74) is 7.77. The number of nitrogens with zero attached hydrogens (tertiary/aromatic N) is 4. The Balaban J connectivity index is 1.24. The number of hydroxylamine groups is 1. The van der Waals surface area contributed by atoms with Crippen LogP contribution in [0.15, 0.2) is 134 Å². The van der Waals surface area contributed by atoms with Gasteiger partial charge >= 0.3 is 0 Å². The van der Waals surface area contributed by atoms with E-state index in [0.717, 1.165) is 33.2 Å². The molecule has 5 nitrogen and oxygen atoms in total. The van der Waals surface area contributed by atoms with Crippen LogP contribution in [0.1, 0.15) is 9.68 Å². The third-order valence-corrected chi connectivity index (χ3v) is 12.6. The van der Waals surface area contributed by atoms with Crippen LogP contribution in [0.4, 0.5) is 17.1 Å². The van der Waals surface area contributed by atoms with E-state index in [0.29, 0.717) is 11.4 Å². The Morgan fingerprint density at radius 1 is 0.689 bits per heavy atom. The van der Waals surface area contributed by atoms with E-state index >= 15 is 0 Å². The van der Waals surface area contributed by atoms with Crippen molar-refractivity contribution in [1.29, 1.82) is 0 Å². The molecule has 8 rings (SSSR count). The fourth-order valence-corrected chi connectivity index (χ4v) is 8.91. The molecule has 0 saturated heterocycles. The average molecular weight is 606 g/mol. The highest BCUT2D eigenvalue weighted by Gasteiger charge is 2.30. The number of para-hydroxylation sites is 3. The molecule has 1 aliphatic heterocycles. The second kappa shape index (κ2) is 10.5. The van der Waals surface area contributed by atoms with Crippen molar-refractivity contribution in [2.24, 2.45) is 0 Å². The highest BCUT2D eigenvalue weighted by Crippen LogP contribution is 2.40. The molecule has 45 heavy (non-hydrogen) atoms. The van der Waals surface area contributed by atoms with E-state index in [9.17, 15) is 0 Å². The Hall–Kier alpha value is -5.17. The maximum Gasteiger partial charge on any atom is 0.138 e. The lowest BCUT2D eigenvalue weighted by Gasteiger charge is -2.26. The molecule has 0 spiro atoms. The largest absolute Gasteiger partial charge is 0.294 e. The quantitative estimate of drug-likeness (QED) is 0.185. The number of pyridine rings is 1. The van der Waals surface area contributed by atoms with Crippen molar-refractivity contribution in [1.82, 2.24) is 9.55 Å². The molecule has 0 atom stereocenters. The summed E-state index contributed by atoms with van der Waals surface area (Å²) in [7, 11) is -2.28. The molecule has 0 aliphatic carbocycles. The van der Waals surface area contributed by atoms with Gasteiger partial charge in [-0.25, -0.2) is 10.0 Å². The number of hydrogen-bond acceptors (Lipinski definition) is 4. The molecular weight excluding hydrogens is 569 g/mol. The Morgan fingerprint density at radius 3 is 2.31 bits per heavy atom. The number of aryl methyl sites for hydroxylation is 1. The number of fused-ring (bicyclic) bond motifs is 4. The molecule has 0 N–H and O–H groups in total. The normalized spacial score (nSPS) is 14.4. The molecule has 220 valence electrons. The third kappa shape index (κ3) is 4.45. The van der Waals surface area contributed by atoms with Crippen LogP contribution < -0.4 is 20.5 Å². The predicted octanol–water partition coefficient (Wildman–Crippen LogP) is 8.41. The van der Waals surface area contributed by atoms with E-state index in [-0.39, 0.29) is 0 Å². The lowest BCUT2D eigenvalue weighted by atomic mass is 10.0. The van der Waals surface area contributed by atoms with Gasteiger partial charge in [0.25, 0.3) is 0 Å². The molecule has 5 aromatic carbocycles. The van der Waals surface area contributed by atoms with Crippen LogP contribution in [-0.4, -0.2) is 24.6 Å². The van der Waals surface area contributed by atoms with Crippen LogP contribution >= 0.6 is 0 Å². The summed E-state index contributed by atoms with van der Waals surface area (Å²) >= 11 is 0. The van der Waals surface area contributed by atoms with Gasteiger partial charge in [-0.15, -0.1) is 4.94 Å². The first-order valence-corrected chi connectivity index (χ1v) is 18.2. The molecule has 6 heteroatoms. The van der Waals surface area contributed by atoms with Gasteiger partial charge in [-0.2, -0.15) is 5.06 Å². The summed E-state index contributed by atoms with van der Waals surface area (Å²) in [5.74, 6) is 0.879. The summed E-state index contributed by atoms with van der Waals surface area (Å²) in [6.45, 7) is 4.40. The highest BCUT2D eigenvalue weighted by molar-refractivity contribution is 7.00. The molecule has 0 unspecified atom stereocenters. The molecule has 0 bridgehead atoms. The standard InChI is InChI=1S/C39H34N4OSi/c1-27-12-5-6-15-32(27)28-22-23-40-39(24-28)42-35-17-8-7-16-33(35)34-21-20-31(26-38(34)42)45(3,4)30-14-11-13-29(25-30)43-37-19-10-9-18-36(37)41(2)44-43/h5-26H,1-4H3/i2D3. The van der Waals surface area contributed by atoms with Crippen molar-refractivity contribution in [2.75, 3.05) is 17.1 Å². The average Bonchev–Trinajstić information content (AvgIpc) is 3.65. The molecule has 0 amide bonds. The fourth-order valence-electron chi connectivity index (χ4n) is 6.56. The number of aromatic nitrogens is 2.